The fourth-order valence-corrected chi connectivity index (χ4v) is 1.79. The molecule has 0 heterocycles. The number of hydrogen-bond donors (Lipinski definition) is 3. The molecule has 0 aromatic carbocycles. The molecule has 0 spiro atoms. The van der Waals surface area contributed by atoms with E-state index < -0.39 is 18.6 Å². The minimum atomic E-state index is -4.32. The maximum Gasteiger partial charge on any atom is 1.00 e. The van der Waals surface area contributed by atoms with Crippen LogP contribution in [0.2, 0.25) is 0 Å². The van der Waals surface area contributed by atoms with Gasteiger partial charge in [-0.1, -0.05) is 0 Å². The third-order valence-electron chi connectivity index (χ3n) is 1.98. The predicted octanol–water partition coefficient (Wildman–Crippen LogP) is -1.81. The minimum Gasteiger partial charge on any atom is -1.00 e. The second-order valence-electron chi connectivity index (χ2n) is 3.30. The van der Waals surface area contributed by atoms with Crippen molar-refractivity contribution in [1.82, 2.24) is 0 Å². The van der Waals surface area contributed by atoms with Crippen molar-refractivity contribution in [3.8, 4) is 0 Å². The molecule has 0 radical (unpaired) electrons. The van der Waals surface area contributed by atoms with Crippen molar-refractivity contribution in [3.05, 3.63) is 0 Å². The van der Waals surface area contributed by atoms with Gasteiger partial charge in [0.25, 0.3) is 0 Å². The largest absolute Gasteiger partial charge is 1.00 e. The van der Waals surface area contributed by atoms with E-state index in [2.05, 4.69) is 0 Å². The average molecular weight is 192 g/mol. The van der Waals surface area contributed by atoms with Crippen molar-refractivity contribution in [2.45, 2.75) is 39.0 Å². The summed E-state index contributed by atoms with van der Waals surface area (Å²) in [5.41, 5.74) is -0.933. The Morgan fingerprint density at radius 2 is 1.09 bits per heavy atom. The Morgan fingerprint density at radius 3 is 1.09 bits per heavy atom. The molecule has 3 N–H and O–H groups in total. The summed E-state index contributed by atoms with van der Waals surface area (Å²) in [4.78, 5) is 28.1. The standard InChI is InChI=1S/C6H17O3P.Na.H/c1-5(2)10(7,8,9)6(3)4;;/h5-9H,1-4H3;;/q;+1;-1. The van der Waals surface area contributed by atoms with E-state index in [1.807, 2.05) is 0 Å². The second kappa shape index (κ2) is 4.01. The van der Waals surface area contributed by atoms with E-state index >= 15 is 0 Å². The van der Waals surface area contributed by atoms with Gasteiger partial charge in [0.1, 0.15) is 0 Å². The van der Waals surface area contributed by atoms with E-state index in [-0.39, 0.29) is 31.0 Å². The van der Waals surface area contributed by atoms with Crippen LogP contribution in [-0.2, 0) is 0 Å². The molecule has 0 unspecified atom stereocenters. The van der Waals surface area contributed by atoms with Crippen LogP contribution in [0.4, 0.5) is 0 Å². The Hall–Kier alpha value is 1.31. The van der Waals surface area contributed by atoms with Crippen molar-refractivity contribution in [3.63, 3.8) is 0 Å². The normalized spacial score (nSPS) is 15.9. The molecule has 0 amide bonds. The molecule has 0 aliphatic carbocycles. The van der Waals surface area contributed by atoms with Gasteiger partial charge in [-0.15, -0.1) is 0 Å². The van der Waals surface area contributed by atoms with Crippen LogP contribution in [0, 0.1) is 0 Å². The van der Waals surface area contributed by atoms with E-state index in [1.54, 1.807) is 27.7 Å². The zero-order chi connectivity index (χ0) is 8.60. The molecule has 0 saturated carbocycles. The van der Waals surface area contributed by atoms with E-state index in [0.29, 0.717) is 0 Å². The maximum absolute atomic E-state index is 9.38. The quantitative estimate of drug-likeness (QED) is 0.357. The molecule has 0 aliphatic heterocycles. The fraction of sp³-hybridized carbons (Fsp3) is 1.00. The Morgan fingerprint density at radius 1 is 0.909 bits per heavy atom. The first-order valence-electron chi connectivity index (χ1n) is 3.43. The predicted molar refractivity (Wildman–Crippen MR) is 45.0 cm³/mol. The van der Waals surface area contributed by atoms with Gasteiger partial charge in [0.05, 0.1) is 0 Å². The van der Waals surface area contributed by atoms with Gasteiger partial charge >= 0.3 is 90.5 Å². The molecule has 66 valence electrons. The molecular weight excluding hydrogens is 174 g/mol. The number of rotatable bonds is 2. The molecule has 0 aromatic heterocycles. The molecule has 5 heteroatoms. The van der Waals surface area contributed by atoms with E-state index in [9.17, 15) is 14.7 Å². The van der Waals surface area contributed by atoms with Crippen LogP contribution in [0.5, 0.6) is 0 Å². The van der Waals surface area contributed by atoms with Crippen molar-refractivity contribution in [1.29, 1.82) is 0 Å². The molecule has 0 rings (SSSR count). The van der Waals surface area contributed by atoms with Gasteiger partial charge in [-0.25, -0.2) is 0 Å². The molecule has 0 aromatic rings. The summed E-state index contributed by atoms with van der Waals surface area (Å²) in [7, 11) is -4.32. The van der Waals surface area contributed by atoms with Crippen LogP contribution in [0.15, 0.2) is 0 Å². The third kappa shape index (κ3) is 3.27. The summed E-state index contributed by atoms with van der Waals surface area (Å²) < 4.78 is 0. The summed E-state index contributed by atoms with van der Waals surface area (Å²) in [6.45, 7) is 6.44. The van der Waals surface area contributed by atoms with Crippen LogP contribution >= 0.6 is 7.28 Å². The van der Waals surface area contributed by atoms with Crippen molar-refractivity contribution in [2.75, 3.05) is 0 Å². The third-order valence-corrected chi connectivity index (χ3v) is 5.95. The first-order valence-corrected chi connectivity index (χ1v) is 5.66. The Labute approximate surface area is 91.8 Å². The molecule has 0 bridgehead atoms. The van der Waals surface area contributed by atoms with E-state index in [4.69, 9.17) is 0 Å². The SMILES string of the molecule is CC(C)P(O)(O)(O)C(C)C.[H-].[Na+]. The molecule has 3 nitrogen and oxygen atoms in total. The van der Waals surface area contributed by atoms with Gasteiger partial charge < -0.3 is 1.43 Å². The summed E-state index contributed by atoms with van der Waals surface area (Å²) in [5.74, 6) is 0. The summed E-state index contributed by atoms with van der Waals surface area (Å²) in [5, 5.41) is 0. The van der Waals surface area contributed by atoms with E-state index in [1.165, 1.54) is 0 Å². The van der Waals surface area contributed by atoms with Crippen molar-refractivity contribution >= 4 is 7.28 Å². The Kier molecular flexibility index (Phi) is 5.40. The van der Waals surface area contributed by atoms with Gasteiger partial charge in [-0.05, 0) is 0 Å². The van der Waals surface area contributed by atoms with Crippen LogP contribution in [0.3, 0.4) is 0 Å². The molecular formula is C6H18NaO3P. The Balaban J connectivity index is -0.000000405. The topological polar surface area (TPSA) is 60.7 Å². The molecule has 0 fully saturated rings. The van der Waals surface area contributed by atoms with Crippen molar-refractivity contribution in [2.24, 2.45) is 0 Å². The summed E-state index contributed by atoms with van der Waals surface area (Å²) >= 11 is 0. The van der Waals surface area contributed by atoms with Crippen LogP contribution in [-0.4, -0.2) is 26.0 Å². The van der Waals surface area contributed by atoms with Gasteiger partial charge in [0.15, 0.2) is 0 Å². The van der Waals surface area contributed by atoms with Gasteiger partial charge in [-0.2, -0.15) is 0 Å². The fourth-order valence-electron chi connectivity index (χ4n) is 0.596. The molecule has 0 saturated heterocycles. The van der Waals surface area contributed by atoms with Crippen LogP contribution in [0.25, 0.3) is 0 Å². The first kappa shape index (κ1) is 14.8. The smallest absolute Gasteiger partial charge is 1.00 e. The van der Waals surface area contributed by atoms with Gasteiger partial charge in [0, 0.05) is 0 Å². The maximum atomic E-state index is 9.38. The zero-order valence-electron chi connectivity index (χ0n) is 8.94. The van der Waals surface area contributed by atoms with Crippen LogP contribution < -0.4 is 29.6 Å². The minimum absolute atomic E-state index is 0. The second-order valence-corrected chi connectivity index (χ2v) is 7.58. The molecule has 11 heavy (non-hydrogen) atoms. The first-order chi connectivity index (χ1) is 4.17. The van der Waals surface area contributed by atoms with Gasteiger partial charge in [-0.3, -0.25) is 0 Å². The number of hydrogen-bond acceptors (Lipinski definition) is 3. The van der Waals surface area contributed by atoms with Gasteiger partial charge in [0.2, 0.25) is 0 Å². The monoisotopic (exact) mass is 192 g/mol. The summed E-state index contributed by atoms with van der Waals surface area (Å²) in [6, 6.07) is 0. The average Bonchev–Trinajstić information content (AvgIpc) is 1.63. The summed E-state index contributed by atoms with van der Waals surface area (Å²) in [6.07, 6.45) is 0. The zero-order valence-corrected chi connectivity index (χ0v) is 10.8. The molecule has 0 atom stereocenters. The van der Waals surface area contributed by atoms with E-state index in [0.717, 1.165) is 0 Å². The Bertz CT molecular complexity index is 120. The van der Waals surface area contributed by atoms with Crippen LogP contribution in [0.1, 0.15) is 29.1 Å². The van der Waals surface area contributed by atoms with Crippen molar-refractivity contribution < 1.29 is 45.7 Å². The molecule has 0 aliphatic rings.